The van der Waals surface area contributed by atoms with E-state index in [-0.39, 0.29) is 0 Å². The van der Waals surface area contributed by atoms with Gasteiger partial charge in [-0.05, 0) is 97.9 Å². The summed E-state index contributed by atoms with van der Waals surface area (Å²) in [5.74, 6) is 0.407. The van der Waals surface area contributed by atoms with Crippen molar-refractivity contribution < 1.29 is 0 Å². The Kier molecular flexibility index (Phi) is 6.81. The highest BCUT2D eigenvalue weighted by atomic mass is 15.0. The number of benzene rings is 8. The van der Waals surface area contributed by atoms with Crippen molar-refractivity contribution in [1.29, 1.82) is 0 Å². The lowest BCUT2D eigenvalue weighted by atomic mass is 9.85. The van der Waals surface area contributed by atoms with E-state index in [2.05, 4.69) is 193 Å². The van der Waals surface area contributed by atoms with Crippen LogP contribution in [0.2, 0.25) is 0 Å². The molecule has 3 aromatic heterocycles. The van der Waals surface area contributed by atoms with Gasteiger partial charge in [0.2, 0.25) is 0 Å². The van der Waals surface area contributed by atoms with E-state index < -0.39 is 0 Å². The fraction of sp³-hybridized carbons (Fsp3) is 0.0784. The van der Waals surface area contributed by atoms with Crippen LogP contribution in [0, 0.1) is 0 Å². The zero-order valence-corrected chi connectivity index (χ0v) is 30.3. The minimum absolute atomic E-state index is 0.407. The van der Waals surface area contributed by atoms with Crippen LogP contribution >= 0.6 is 0 Å². The molecular weight excluding hydrogens is 655 g/mol. The maximum absolute atomic E-state index is 5.19. The van der Waals surface area contributed by atoms with Crippen LogP contribution in [0.3, 0.4) is 0 Å². The van der Waals surface area contributed by atoms with Gasteiger partial charge in [0.1, 0.15) is 0 Å². The van der Waals surface area contributed by atoms with Crippen LogP contribution in [0.1, 0.15) is 36.6 Å². The summed E-state index contributed by atoms with van der Waals surface area (Å²) >= 11 is 0. The first kappa shape index (κ1) is 30.9. The SMILES string of the molecule is CC(C)c1ccc(Cc2ccc(-n3c4ccccc4c4cc5c6ccccc6n(-c6ccccc6)c5cc43)cn2)c2c3ccccc3c3ccccc3c12. The molecular formula is C51H37N3. The lowest BCUT2D eigenvalue weighted by Gasteiger charge is -2.19. The predicted molar refractivity (Wildman–Crippen MR) is 229 cm³/mol. The van der Waals surface area contributed by atoms with Crippen LogP contribution in [0.4, 0.5) is 0 Å². The van der Waals surface area contributed by atoms with Crippen LogP contribution < -0.4 is 0 Å². The third-order valence-corrected chi connectivity index (χ3v) is 11.5. The Labute approximate surface area is 313 Å². The van der Waals surface area contributed by atoms with Crippen molar-refractivity contribution >= 4 is 75.9 Å². The van der Waals surface area contributed by atoms with E-state index in [9.17, 15) is 0 Å². The van der Waals surface area contributed by atoms with Crippen molar-refractivity contribution in [3.05, 3.63) is 187 Å². The fourth-order valence-electron chi connectivity index (χ4n) is 9.17. The Bertz CT molecular complexity index is 3250. The average molecular weight is 692 g/mol. The molecule has 0 saturated heterocycles. The molecule has 0 spiro atoms. The molecule has 8 aromatic carbocycles. The molecule has 0 amide bonds. The number of fused-ring (bicyclic) bond motifs is 12. The molecule has 3 nitrogen and oxygen atoms in total. The first-order valence-corrected chi connectivity index (χ1v) is 19.0. The van der Waals surface area contributed by atoms with E-state index in [0.29, 0.717) is 5.92 Å². The van der Waals surface area contributed by atoms with Crippen LogP contribution in [0.5, 0.6) is 0 Å². The third-order valence-electron chi connectivity index (χ3n) is 11.5. The molecule has 0 aliphatic heterocycles. The lowest BCUT2D eigenvalue weighted by molar-refractivity contribution is 0.876. The standard InChI is InChI=1S/C51H37N3/c1-32(2)37-27-24-33(50-42-20-8-6-16-38(42)39-17-7-9-21-43(39)51(37)50)28-34-25-26-36(31-52-34)54-47-23-13-11-19-41(47)45-29-44-40-18-10-12-22-46(40)53(48(44)30-49(45)54)35-14-4-3-5-15-35/h3-27,29-32H,28H2,1-2H3. The van der Waals surface area contributed by atoms with E-state index in [1.54, 1.807) is 0 Å². The Morgan fingerprint density at radius 3 is 1.56 bits per heavy atom. The topological polar surface area (TPSA) is 22.8 Å². The van der Waals surface area contributed by atoms with Crippen molar-refractivity contribution in [1.82, 2.24) is 14.1 Å². The van der Waals surface area contributed by atoms with E-state index in [1.807, 2.05) is 0 Å². The summed E-state index contributed by atoms with van der Waals surface area (Å²) in [5.41, 5.74) is 10.7. The molecule has 3 heterocycles. The van der Waals surface area contributed by atoms with Gasteiger partial charge in [0.15, 0.2) is 0 Å². The third kappa shape index (κ3) is 4.51. The van der Waals surface area contributed by atoms with Crippen LogP contribution in [0.15, 0.2) is 170 Å². The maximum Gasteiger partial charge on any atom is 0.0645 e. The Balaban J connectivity index is 1.09. The first-order valence-electron chi connectivity index (χ1n) is 19.0. The van der Waals surface area contributed by atoms with Gasteiger partial charge >= 0.3 is 0 Å². The smallest absolute Gasteiger partial charge is 0.0645 e. The van der Waals surface area contributed by atoms with Crippen molar-refractivity contribution in [2.75, 3.05) is 0 Å². The zero-order chi connectivity index (χ0) is 35.9. The number of hydrogen-bond acceptors (Lipinski definition) is 1. The molecule has 0 unspecified atom stereocenters. The van der Waals surface area contributed by atoms with E-state index in [0.717, 1.165) is 23.5 Å². The molecule has 11 aromatic rings. The minimum Gasteiger partial charge on any atom is -0.309 e. The quantitative estimate of drug-likeness (QED) is 0.165. The van der Waals surface area contributed by atoms with Crippen LogP contribution in [-0.4, -0.2) is 14.1 Å². The summed E-state index contributed by atoms with van der Waals surface area (Å²) in [4.78, 5) is 5.19. The van der Waals surface area contributed by atoms with Crippen molar-refractivity contribution in [2.45, 2.75) is 26.2 Å². The number of rotatable bonds is 5. The Morgan fingerprint density at radius 2 is 0.963 bits per heavy atom. The highest BCUT2D eigenvalue weighted by Crippen LogP contribution is 2.42. The molecule has 0 aliphatic carbocycles. The number of aromatic nitrogens is 3. The second-order valence-corrected chi connectivity index (χ2v) is 14.9. The summed E-state index contributed by atoms with van der Waals surface area (Å²) in [6, 6.07) is 60.0. The van der Waals surface area contributed by atoms with Gasteiger partial charge in [-0.2, -0.15) is 0 Å². The molecule has 0 fully saturated rings. The van der Waals surface area contributed by atoms with Gasteiger partial charge in [-0.1, -0.05) is 129 Å². The molecule has 54 heavy (non-hydrogen) atoms. The molecule has 0 radical (unpaired) electrons. The van der Waals surface area contributed by atoms with Gasteiger partial charge in [-0.25, -0.2) is 0 Å². The highest BCUT2D eigenvalue weighted by molar-refractivity contribution is 6.27. The number of para-hydroxylation sites is 3. The van der Waals surface area contributed by atoms with Gasteiger partial charge in [0.25, 0.3) is 0 Å². The minimum atomic E-state index is 0.407. The molecule has 0 saturated carbocycles. The normalized spacial score (nSPS) is 12.1. The number of hydrogen-bond donors (Lipinski definition) is 0. The average Bonchev–Trinajstić information content (AvgIpc) is 3.72. The number of pyridine rings is 1. The maximum atomic E-state index is 5.19. The Morgan fingerprint density at radius 1 is 0.426 bits per heavy atom. The van der Waals surface area contributed by atoms with E-state index >= 15 is 0 Å². The monoisotopic (exact) mass is 691 g/mol. The van der Waals surface area contributed by atoms with Crippen molar-refractivity contribution in [2.24, 2.45) is 0 Å². The van der Waals surface area contributed by atoms with Gasteiger partial charge < -0.3 is 9.13 Å². The number of nitrogens with zero attached hydrogens (tertiary/aromatic N) is 3. The summed E-state index contributed by atoms with van der Waals surface area (Å²) in [6.07, 6.45) is 2.82. The van der Waals surface area contributed by atoms with Gasteiger partial charge in [0.05, 0.1) is 34.0 Å². The lowest BCUT2D eigenvalue weighted by Crippen LogP contribution is -2.00. The van der Waals surface area contributed by atoms with Gasteiger partial charge in [-0.3, -0.25) is 4.98 Å². The van der Waals surface area contributed by atoms with E-state index in [4.69, 9.17) is 4.98 Å². The predicted octanol–water partition coefficient (Wildman–Crippen LogP) is 13.4. The van der Waals surface area contributed by atoms with Gasteiger partial charge in [0, 0.05) is 39.3 Å². The van der Waals surface area contributed by atoms with E-state index in [1.165, 1.54) is 87.1 Å². The molecule has 11 rings (SSSR count). The summed E-state index contributed by atoms with van der Waals surface area (Å²) in [7, 11) is 0. The fourth-order valence-corrected chi connectivity index (χ4v) is 9.17. The summed E-state index contributed by atoms with van der Waals surface area (Å²) in [5, 5.41) is 13.0. The van der Waals surface area contributed by atoms with Crippen molar-refractivity contribution in [3.63, 3.8) is 0 Å². The molecule has 0 bridgehead atoms. The van der Waals surface area contributed by atoms with Crippen LogP contribution in [0.25, 0.3) is 87.3 Å². The second-order valence-electron chi connectivity index (χ2n) is 14.9. The molecule has 0 atom stereocenters. The highest BCUT2D eigenvalue weighted by Gasteiger charge is 2.20. The molecule has 0 aliphatic rings. The van der Waals surface area contributed by atoms with Gasteiger partial charge in [-0.15, -0.1) is 0 Å². The zero-order valence-electron chi connectivity index (χ0n) is 30.3. The second kappa shape index (κ2) is 11.9. The summed E-state index contributed by atoms with van der Waals surface area (Å²) < 4.78 is 4.79. The molecule has 0 N–H and O–H groups in total. The summed E-state index contributed by atoms with van der Waals surface area (Å²) in [6.45, 7) is 4.61. The first-order chi connectivity index (χ1) is 26.6. The van der Waals surface area contributed by atoms with Crippen molar-refractivity contribution in [3.8, 4) is 11.4 Å². The molecule has 256 valence electrons. The molecule has 3 heteroatoms. The Hall–Kier alpha value is -6.71. The van der Waals surface area contributed by atoms with Crippen LogP contribution in [-0.2, 0) is 6.42 Å². The largest absolute Gasteiger partial charge is 0.309 e.